The Hall–Kier alpha value is -1.82. The molecule has 0 aliphatic rings. The van der Waals surface area contributed by atoms with Crippen LogP contribution in [-0.2, 0) is 6.54 Å². The molecule has 0 amide bonds. The van der Waals surface area contributed by atoms with Crippen LogP contribution in [0.15, 0.2) is 23.8 Å². The molecule has 2 aromatic rings. The lowest BCUT2D eigenvalue weighted by Gasteiger charge is -2.09. The number of nitrogens with two attached hydrogens (primary N) is 1. The van der Waals surface area contributed by atoms with Crippen molar-refractivity contribution in [2.75, 3.05) is 18.2 Å². The first-order valence-electron chi connectivity index (χ1n) is 4.72. The molecule has 2 rings (SSSR count). The van der Waals surface area contributed by atoms with E-state index in [-0.39, 0.29) is 0 Å². The highest BCUT2D eigenvalue weighted by atomic mass is 32.1. The quantitative estimate of drug-likeness (QED) is 0.846. The van der Waals surface area contributed by atoms with E-state index in [0.29, 0.717) is 23.9 Å². The molecule has 0 radical (unpaired) electrons. The number of aromatic nitrogens is 2. The molecule has 5 nitrogen and oxygen atoms in total. The molecule has 0 aromatic carbocycles. The standard InChI is InChI=1S/C10H12N4OS/c1-15-8-9(11)13-6-14-10(8)12-5-7-3-2-4-16-7/h2-4,6H,5H2,1H3,(H3,11,12,13,14). The molecule has 2 aromatic heterocycles. The van der Waals surface area contributed by atoms with E-state index in [9.17, 15) is 0 Å². The van der Waals surface area contributed by atoms with Crippen LogP contribution in [-0.4, -0.2) is 17.1 Å². The van der Waals surface area contributed by atoms with Crippen LogP contribution in [0.1, 0.15) is 4.88 Å². The summed E-state index contributed by atoms with van der Waals surface area (Å²) < 4.78 is 5.14. The van der Waals surface area contributed by atoms with Crippen molar-refractivity contribution in [3.8, 4) is 5.75 Å². The first kappa shape index (κ1) is 10.7. The highest BCUT2D eigenvalue weighted by Gasteiger charge is 2.08. The molecule has 2 heterocycles. The number of thiophene rings is 1. The number of ether oxygens (including phenoxy) is 1. The van der Waals surface area contributed by atoms with Crippen LogP contribution in [0.4, 0.5) is 11.6 Å². The number of nitrogens with zero attached hydrogens (tertiary/aromatic N) is 2. The maximum absolute atomic E-state index is 5.67. The molecule has 6 heteroatoms. The fourth-order valence-corrected chi connectivity index (χ4v) is 1.94. The van der Waals surface area contributed by atoms with Gasteiger partial charge >= 0.3 is 0 Å². The van der Waals surface area contributed by atoms with Crippen LogP contribution in [0.5, 0.6) is 5.75 Å². The smallest absolute Gasteiger partial charge is 0.203 e. The van der Waals surface area contributed by atoms with Crippen LogP contribution in [0.2, 0.25) is 0 Å². The van der Waals surface area contributed by atoms with Gasteiger partial charge in [0.2, 0.25) is 5.75 Å². The van der Waals surface area contributed by atoms with Crippen molar-refractivity contribution in [3.05, 3.63) is 28.7 Å². The molecule has 0 fully saturated rings. The average molecular weight is 236 g/mol. The molecular formula is C10H12N4OS. The molecule has 0 saturated carbocycles. The van der Waals surface area contributed by atoms with Crippen LogP contribution in [0, 0.1) is 0 Å². The number of hydrogen-bond acceptors (Lipinski definition) is 6. The molecular weight excluding hydrogens is 224 g/mol. The fourth-order valence-electron chi connectivity index (χ4n) is 1.30. The van der Waals surface area contributed by atoms with Gasteiger partial charge in [-0.05, 0) is 11.4 Å². The maximum atomic E-state index is 5.67. The van der Waals surface area contributed by atoms with E-state index in [2.05, 4.69) is 21.4 Å². The van der Waals surface area contributed by atoms with Gasteiger partial charge in [-0.25, -0.2) is 9.97 Å². The molecule has 3 N–H and O–H groups in total. The summed E-state index contributed by atoms with van der Waals surface area (Å²) in [4.78, 5) is 9.17. The van der Waals surface area contributed by atoms with Gasteiger partial charge in [0.15, 0.2) is 11.6 Å². The Morgan fingerprint density at radius 1 is 1.50 bits per heavy atom. The second-order valence-corrected chi connectivity index (χ2v) is 4.11. The van der Waals surface area contributed by atoms with Crippen molar-refractivity contribution in [3.63, 3.8) is 0 Å². The highest BCUT2D eigenvalue weighted by Crippen LogP contribution is 2.26. The van der Waals surface area contributed by atoms with E-state index in [1.54, 1.807) is 18.4 Å². The van der Waals surface area contributed by atoms with E-state index in [1.807, 2.05) is 11.4 Å². The average Bonchev–Trinajstić information content (AvgIpc) is 2.79. The zero-order valence-corrected chi connectivity index (χ0v) is 9.62. The number of rotatable bonds is 4. The maximum Gasteiger partial charge on any atom is 0.203 e. The third-order valence-corrected chi connectivity index (χ3v) is 2.92. The second-order valence-electron chi connectivity index (χ2n) is 3.07. The Balaban J connectivity index is 2.12. The third-order valence-electron chi connectivity index (χ3n) is 2.05. The molecule has 16 heavy (non-hydrogen) atoms. The minimum atomic E-state index is 0.339. The van der Waals surface area contributed by atoms with Gasteiger partial charge < -0.3 is 15.8 Å². The predicted molar refractivity (Wildman–Crippen MR) is 64.6 cm³/mol. The van der Waals surface area contributed by atoms with Gasteiger partial charge in [0.1, 0.15) is 6.33 Å². The van der Waals surface area contributed by atoms with Crippen molar-refractivity contribution in [2.45, 2.75) is 6.54 Å². The lowest BCUT2D eigenvalue weighted by Crippen LogP contribution is -2.05. The molecule has 0 atom stereocenters. The number of anilines is 2. The zero-order valence-electron chi connectivity index (χ0n) is 8.80. The van der Waals surface area contributed by atoms with Crippen molar-refractivity contribution in [1.82, 2.24) is 9.97 Å². The van der Waals surface area contributed by atoms with Crippen LogP contribution >= 0.6 is 11.3 Å². The topological polar surface area (TPSA) is 73.1 Å². The molecule has 0 aliphatic heterocycles. The predicted octanol–water partition coefficient (Wildman–Crippen LogP) is 1.74. The van der Waals surface area contributed by atoms with Crippen LogP contribution in [0.25, 0.3) is 0 Å². The SMILES string of the molecule is COc1c(N)ncnc1NCc1cccs1. The number of methoxy groups -OCH3 is 1. The van der Waals surface area contributed by atoms with Gasteiger partial charge in [0, 0.05) is 4.88 Å². The lowest BCUT2D eigenvalue weighted by atomic mass is 10.4. The molecule has 84 valence electrons. The Bertz CT molecular complexity index is 458. The monoisotopic (exact) mass is 236 g/mol. The summed E-state index contributed by atoms with van der Waals surface area (Å²) in [5.74, 6) is 1.44. The van der Waals surface area contributed by atoms with Crippen molar-refractivity contribution >= 4 is 23.0 Å². The van der Waals surface area contributed by atoms with Gasteiger partial charge in [-0.15, -0.1) is 11.3 Å². The van der Waals surface area contributed by atoms with Gasteiger partial charge in [-0.3, -0.25) is 0 Å². The molecule has 0 saturated heterocycles. The van der Waals surface area contributed by atoms with E-state index in [4.69, 9.17) is 10.5 Å². The summed E-state index contributed by atoms with van der Waals surface area (Å²) in [6.07, 6.45) is 1.41. The molecule has 0 aliphatic carbocycles. The highest BCUT2D eigenvalue weighted by molar-refractivity contribution is 7.09. The minimum absolute atomic E-state index is 0.339. The van der Waals surface area contributed by atoms with E-state index < -0.39 is 0 Å². The van der Waals surface area contributed by atoms with E-state index >= 15 is 0 Å². The normalized spacial score (nSPS) is 10.1. The van der Waals surface area contributed by atoms with Crippen LogP contribution < -0.4 is 15.8 Å². The van der Waals surface area contributed by atoms with E-state index in [1.165, 1.54) is 11.2 Å². The summed E-state index contributed by atoms with van der Waals surface area (Å²) >= 11 is 1.68. The Labute approximate surface area is 97.3 Å². The number of nitrogens with one attached hydrogen (secondary N) is 1. The van der Waals surface area contributed by atoms with Crippen molar-refractivity contribution < 1.29 is 4.74 Å². The first-order chi connectivity index (χ1) is 7.81. The van der Waals surface area contributed by atoms with Gasteiger partial charge in [-0.2, -0.15) is 0 Å². The zero-order chi connectivity index (χ0) is 11.4. The summed E-state index contributed by atoms with van der Waals surface area (Å²) in [6.45, 7) is 0.699. The van der Waals surface area contributed by atoms with Gasteiger partial charge in [-0.1, -0.05) is 6.07 Å². The second kappa shape index (κ2) is 4.80. The fraction of sp³-hybridized carbons (Fsp3) is 0.200. The van der Waals surface area contributed by atoms with Crippen LogP contribution in [0.3, 0.4) is 0 Å². The Morgan fingerprint density at radius 3 is 3.06 bits per heavy atom. The lowest BCUT2D eigenvalue weighted by molar-refractivity contribution is 0.415. The summed E-state index contributed by atoms with van der Waals surface area (Å²) in [6, 6.07) is 4.06. The Morgan fingerprint density at radius 2 is 2.38 bits per heavy atom. The summed E-state index contributed by atoms with van der Waals surface area (Å²) in [7, 11) is 1.55. The Kier molecular flexibility index (Phi) is 3.21. The number of hydrogen-bond donors (Lipinski definition) is 2. The molecule has 0 spiro atoms. The minimum Gasteiger partial charge on any atom is -0.490 e. The largest absolute Gasteiger partial charge is 0.490 e. The first-order valence-corrected chi connectivity index (χ1v) is 5.60. The third kappa shape index (κ3) is 2.22. The summed E-state index contributed by atoms with van der Waals surface area (Å²) in [5.41, 5.74) is 5.67. The molecule has 0 unspecified atom stereocenters. The van der Waals surface area contributed by atoms with Gasteiger partial charge in [0.05, 0.1) is 13.7 Å². The van der Waals surface area contributed by atoms with Crippen molar-refractivity contribution in [2.24, 2.45) is 0 Å². The summed E-state index contributed by atoms with van der Waals surface area (Å²) in [5, 5.41) is 5.19. The van der Waals surface area contributed by atoms with Crippen molar-refractivity contribution in [1.29, 1.82) is 0 Å². The number of nitrogen functional groups attached to an aromatic ring is 1. The van der Waals surface area contributed by atoms with Gasteiger partial charge in [0.25, 0.3) is 0 Å². The van der Waals surface area contributed by atoms with E-state index in [0.717, 1.165) is 0 Å². The molecule has 0 bridgehead atoms.